The molecule has 1 aliphatic rings. The van der Waals surface area contributed by atoms with E-state index in [1.165, 1.54) is 0 Å². The van der Waals surface area contributed by atoms with Gasteiger partial charge in [-0.15, -0.1) is 12.4 Å². The van der Waals surface area contributed by atoms with Gasteiger partial charge < -0.3 is 10.1 Å². The molecule has 0 spiro atoms. The number of ether oxygens (including phenoxy) is 1. The van der Waals surface area contributed by atoms with Gasteiger partial charge in [0.05, 0.1) is 18.0 Å². The Morgan fingerprint density at radius 3 is 2.52 bits per heavy atom. The van der Waals surface area contributed by atoms with Crippen molar-refractivity contribution in [1.82, 2.24) is 20.1 Å². The van der Waals surface area contributed by atoms with Crippen molar-refractivity contribution in [3.05, 3.63) is 52.7 Å². The maximum Gasteiger partial charge on any atom is 0.215 e. The summed E-state index contributed by atoms with van der Waals surface area (Å²) < 4.78 is 7.89. The second kappa shape index (κ2) is 11.8. The smallest absolute Gasteiger partial charge is 0.215 e. The summed E-state index contributed by atoms with van der Waals surface area (Å²) in [5.41, 5.74) is 2.23. The zero-order valence-electron chi connectivity index (χ0n) is 19.2. The topological polar surface area (TPSA) is 69.0 Å². The lowest BCUT2D eigenvalue weighted by atomic mass is 9.91. The van der Waals surface area contributed by atoms with Gasteiger partial charge >= 0.3 is 0 Å². The third kappa shape index (κ3) is 6.25. The molecule has 8 heteroatoms. The molecule has 1 aromatic carbocycles. The van der Waals surface area contributed by atoms with Gasteiger partial charge in [-0.25, -0.2) is 4.68 Å². The molecule has 6 nitrogen and oxygen atoms in total. The Bertz CT molecular complexity index is 1060. The fourth-order valence-corrected chi connectivity index (χ4v) is 4.38. The van der Waals surface area contributed by atoms with Crippen molar-refractivity contribution in [2.24, 2.45) is 5.92 Å². The largest absolute Gasteiger partial charge is 0.474 e. The highest BCUT2D eigenvalue weighted by molar-refractivity contribution is 6.30. The molecule has 0 saturated carbocycles. The summed E-state index contributed by atoms with van der Waals surface area (Å²) >= 11 is 6.04. The molecule has 178 valence electrons. The van der Waals surface area contributed by atoms with Gasteiger partial charge in [-0.05, 0) is 68.5 Å². The van der Waals surface area contributed by atoms with Gasteiger partial charge in [-0.1, -0.05) is 37.6 Å². The van der Waals surface area contributed by atoms with Crippen LogP contribution in [0.4, 0.5) is 0 Å². The Kier molecular flexibility index (Phi) is 9.12. The molecule has 0 aliphatic carbocycles. The Morgan fingerprint density at radius 1 is 1.15 bits per heavy atom. The van der Waals surface area contributed by atoms with Gasteiger partial charge in [-0.2, -0.15) is 10.1 Å². The number of piperidine rings is 1. The summed E-state index contributed by atoms with van der Waals surface area (Å²) in [4.78, 5) is 18.0. The molecule has 2 aromatic heterocycles. The van der Waals surface area contributed by atoms with E-state index < -0.39 is 0 Å². The molecule has 0 amide bonds. The van der Waals surface area contributed by atoms with Crippen LogP contribution in [0.15, 0.2) is 36.4 Å². The quantitative estimate of drug-likeness (QED) is 0.389. The molecule has 0 bridgehead atoms. The van der Waals surface area contributed by atoms with Crippen molar-refractivity contribution < 1.29 is 9.53 Å². The first kappa shape index (κ1) is 25.5. The molecule has 0 unspecified atom stereocenters. The number of hydrogen-bond donors (Lipinski definition) is 1. The zero-order chi connectivity index (χ0) is 22.5. The van der Waals surface area contributed by atoms with E-state index in [1.54, 1.807) is 0 Å². The van der Waals surface area contributed by atoms with E-state index in [-0.39, 0.29) is 24.3 Å². The second-order valence-electron chi connectivity index (χ2n) is 8.53. The number of carbonyl (C=O) groups excluding carboxylic acids is 1. The lowest BCUT2D eigenvalue weighted by molar-refractivity contribution is 0.0948. The highest BCUT2D eigenvalue weighted by Crippen LogP contribution is 2.26. The summed E-state index contributed by atoms with van der Waals surface area (Å²) in [5, 5.41) is 9.57. The average molecular weight is 491 g/mol. The fourth-order valence-electron chi connectivity index (χ4n) is 4.25. The number of ketones is 1. The Labute approximate surface area is 206 Å². The first-order chi connectivity index (χ1) is 15.6. The van der Waals surface area contributed by atoms with Crippen LogP contribution in [0.25, 0.3) is 11.0 Å². The van der Waals surface area contributed by atoms with E-state index in [9.17, 15) is 4.79 Å². The van der Waals surface area contributed by atoms with Crippen molar-refractivity contribution in [3.8, 4) is 5.88 Å². The molecule has 33 heavy (non-hydrogen) atoms. The van der Waals surface area contributed by atoms with Crippen LogP contribution in [-0.2, 0) is 6.54 Å². The van der Waals surface area contributed by atoms with Crippen molar-refractivity contribution >= 4 is 40.8 Å². The Balaban J connectivity index is 0.00000306. The monoisotopic (exact) mass is 490 g/mol. The van der Waals surface area contributed by atoms with E-state index >= 15 is 0 Å². The van der Waals surface area contributed by atoms with Crippen molar-refractivity contribution in [2.45, 2.75) is 58.6 Å². The third-order valence-corrected chi connectivity index (χ3v) is 6.46. The molecule has 0 radical (unpaired) electrons. The summed E-state index contributed by atoms with van der Waals surface area (Å²) in [6, 6.07) is 11.5. The standard InChI is InChI=1S/C25H31ClN4O2.ClH/c1-3-20(4-2)32-23-10-9-21-24(22(31)15-17-11-13-27-14-12-17)29-30(25(21)28-23)16-18-5-7-19(26)8-6-18;/h5-10,17,20,27H,3-4,11-16H2,1-2H3;1H. The van der Waals surface area contributed by atoms with Crippen LogP contribution in [0.5, 0.6) is 5.88 Å². The van der Waals surface area contributed by atoms with Gasteiger partial charge in [0.1, 0.15) is 5.69 Å². The minimum Gasteiger partial charge on any atom is -0.474 e. The van der Waals surface area contributed by atoms with Crippen LogP contribution in [0, 0.1) is 5.92 Å². The van der Waals surface area contributed by atoms with E-state index in [4.69, 9.17) is 26.4 Å². The van der Waals surface area contributed by atoms with Crippen LogP contribution >= 0.6 is 24.0 Å². The van der Waals surface area contributed by atoms with Gasteiger partial charge in [0, 0.05) is 17.5 Å². The summed E-state index contributed by atoms with van der Waals surface area (Å²) in [6.07, 6.45) is 4.54. The highest BCUT2D eigenvalue weighted by atomic mass is 35.5. The first-order valence-corrected chi connectivity index (χ1v) is 12.0. The number of hydrogen-bond acceptors (Lipinski definition) is 5. The average Bonchev–Trinajstić information content (AvgIpc) is 3.17. The molecule has 3 aromatic rings. The van der Waals surface area contributed by atoms with Crippen molar-refractivity contribution in [3.63, 3.8) is 0 Å². The molecule has 1 N–H and O–H groups in total. The van der Waals surface area contributed by atoms with E-state index in [0.29, 0.717) is 41.1 Å². The Hall–Kier alpha value is -2.15. The number of aromatic nitrogens is 3. The summed E-state index contributed by atoms with van der Waals surface area (Å²) in [7, 11) is 0. The van der Waals surface area contributed by atoms with Crippen LogP contribution in [-0.4, -0.2) is 39.7 Å². The van der Waals surface area contributed by atoms with Gasteiger partial charge in [0.25, 0.3) is 0 Å². The maximum absolute atomic E-state index is 13.2. The summed E-state index contributed by atoms with van der Waals surface area (Å²) in [5.74, 6) is 1.07. The minimum atomic E-state index is 0. The molecular weight excluding hydrogens is 459 g/mol. The predicted molar refractivity (Wildman–Crippen MR) is 135 cm³/mol. The number of nitrogens with one attached hydrogen (secondary N) is 1. The molecule has 1 saturated heterocycles. The number of nitrogens with zero attached hydrogens (tertiary/aromatic N) is 3. The maximum atomic E-state index is 13.2. The van der Waals surface area contributed by atoms with Crippen molar-refractivity contribution in [2.75, 3.05) is 13.1 Å². The van der Waals surface area contributed by atoms with Gasteiger partial charge in [-0.3, -0.25) is 4.79 Å². The molecule has 1 aliphatic heterocycles. The molecule has 4 rings (SSSR count). The number of Topliss-reactive ketones (excluding diaryl/α,β-unsaturated/α-hetero) is 1. The molecule has 1 fully saturated rings. The highest BCUT2D eigenvalue weighted by Gasteiger charge is 2.23. The zero-order valence-corrected chi connectivity index (χ0v) is 20.8. The fraction of sp³-hybridized carbons (Fsp3) is 0.480. The minimum absolute atomic E-state index is 0. The lowest BCUT2D eigenvalue weighted by Gasteiger charge is -2.21. The van der Waals surface area contributed by atoms with E-state index in [1.807, 2.05) is 41.1 Å². The molecular formula is C25H32Cl2N4O2. The third-order valence-electron chi connectivity index (χ3n) is 6.21. The summed E-state index contributed by atoms with van der Waals surface area (Å²) in [6.45, 7) is 6.67. The normalized spacial score (nSPS) is 14.4. The molecule has 0 atom stereocenters. The van der Waals surface area contributed by atoms with Crippen molar-refractivity contribution in [1.29, 1.82) is 0 Å². The van der Waals surface area contributed by atoms with Crippen LogP contribution in [0.2, 0.25) is 5.02 Å². The molecule has 3 heterocycles. The number of pyridine rings is 1. The number of benzene rings is 1. The number of fused-ring (bicyclic) bond motifs is 1. The van der Waals surface area contributed by atoms with Crippen LogP contribution in [0.1, 0.15) is 62.0 Å². The SMILES string of the molecule is CCC(CC)Oc1ccc2c(C(=O)CC3CCNCC3)nn(Cc3ccc(Cl)cc3)c2n1.Cl. The van der Waals surface area contributed by atoms with Gasteiger partial charge in [0.15, 0.2) is 11.4 Å². The Morgan fingerprint density at radius 2 is 1.85 bits per heavy atom. The van der Waals surface area contributed by atoms with Gasteiger partial charge in [0.2, 0.25) is 5.88 Å². The number of carbonyl (C=O) groups is 1. The van der Waals surface area contributed by atoms with Crippen LogP contribution < -0.4 is 10.1 Å². The second-order valence-corrected chi connectivity index (χ2v) is 8.97. The van der Waals surface area contributed by atoms with E-state index in [2.05, 4.69) is 19.2 Å². The number of rotatable bonds is 9. The lowest BCUT2D eigenvalue weighted by Crippen LogP contribution is -2.29. The number of halogens is 2. The van der Waals surface area contributed by atoms with Crippen LogP contribution in [0.3, 0.4) is 0 Å². The first-order valence-electron chi connectivity index (χ1n) is 11.6. The van der Waals surface area contributed by atoms with E-state index in [0.717, 1.165) is 49.7 Å². The predicted octanol–water partition coefficient (Wildman–Crippen LogP) is 5.69.